The summed E-state index contributed by atoms with van der Waals surface area (Å²) < 4.78 is 0. The summed E-state index contributed by atoms with van der Waals surface area (Å²) in [6.07, 6.45) is 0. The Balaban J connectivity index is 0.00000225. The molecule has 0 aliphatic carbocycles. The van der Waals surface area contributed by atoms with Crippen molar-refractivity contribution >= 4 is 46.6 Å². The molecule has 3 N–H and O–H groups in total. The lowest BCUT2D eigenvalue weighted by atomic mass is 9.88. The molecular weight excluding hydrogens is 270 g/mol. The minimum atomic E-state index is -1.56. The standard InChI is InChI=1S/C10H10Cl2N2O.ClH/c1-6(13)10(14,9(12)15)7-2-4-8(11)5-3-7;/h2-5,13H,14H2,1H3;1H. The highest BCUT2D eigenvalue weighted by atomic mass is 35.5. The van der Waals surface area contributed by atoms with Gasteiger partial charge in [-0.05, 0) is 36.2 Å². The third kappa shape index (κ3) is 2.74. The molecule has 0 spiro atoms. The zero-order valence-corrected chi connectivity index (χ0v) is 10.8. The van der Waals surface area contributed by atoms with Crippen LogP contribution in [0.15, 0.2) is 24.3 Å². The first kappa shape index (κ1) is 15.4. The number of hydrogen-bond acceptors (Lipinski definition) is 3. The van der Waals surface area contributed by atoms with Crippen LogP contribution in [0.2, 0.25) is 5.02 Å². The molecule has 0 saturated heterocycles. The van der Waals surface area contributed by atoms with Crippen molar-refractivity contribution in [3.63, 3.8) is 0 Å². The summed E-state index contributed by atoms with van der Waals surface area (Å²) >= 11 is 11.1. The van der Waals surface area contributed by atoms with Crippen LogP contribution in [-0.4, -0.2) is 11.0 Å². The lowest BCUT2D eigenvalue weighted by molar-refractivity contribution is -0.114. The van der Waals surface area contributed by atoms with Gasteiger partial charge in [0.25, 0.3) is 5.24 Å². The summed E-state index contributed by atoms with van der Waals surface area (Å²) in [5.41, 5.74) is 4.69. The van der Waals surface area contributed by atoms with Crippen LogP contribution in [0.1, 0.15) is 12.5 Å². The maximum absolute atomic E-state index is 11.3. The van der Waals surface area contributed by atoms with Crippen molar-refractivity contribution in [3.05, 3.63) is 34.9 Å². The van der Waals surface area contributed by atoms with Gasteiger partial charge in [-0.2, -0.15) is 0 Å². The van der Waals surface area contributed by atoms with E-state index in [0.29, 0.717) is 10.6 Å². The van der Waals surface area contributed by atoms with Crippen LogP contribution in [0.25, 0.3) is 0 Å². The molecule has 0 saturated carbocycles. The summed E-state index contributed by atoms with van der Waals surface area (Å²) in [6, 6.07) is 6.36. The molecule has 0 radical (unpaired) electrons. The summed E-state index contributed by atoms with van der Waals surface area (Å²) in [5, 5.41) is 7.26. The molecule has 1 unspecified atom stereocenters. The van der Waals surface area contributed by atoms with E-state index in [9.17, 15) is 4.79 Å². The number of nitrogens with one attached hydrogen (secondary N) is 1. The molecule has 6 heteroatoms. The zero-order valence-electron chi connectivity index (χ0n) is 8.46. The van der Waals surface area contributed by atoms with E-state index in [0.717, 1.165) is 0 Å². The summed E-state index contributed by atoms with van der Waals surface area (Å²) in [5.74, 6) is 0. The van der Waals surface area contributed by atoms with Gasteiger partial charge in [0.05, 0.1) is 0 Å². The van der Waals surface area contributed by atoms with Crippen molar-refractivity contribution in [2.75, 3.05) is 0 Å². The molecule has 1 aromatic carbocycles. The van der Waals surface area contributed by atoms with Gasteiger partial charge in [-0.3, -0.25) is 4.79 Å². The predicted octanol–water partition coefficient (Wildman–Crippen LogP) is 2.72. The van der Waals surface area contributed by atoms with Gasteiger partial charge in [0, 0.05) is 10.7 Å². The van der Waals surface area contributed by atoms with E-state index < -0.39 is 10.8 Å². The molecule has 0 aliphatic heterocycles. The average Bonchev–Trinajstić information content (AvgIpc) is 2.17. The number of benzene rings is 1. The lowest BCUT2D eigenvalue weighted by Crippen LogP contribution is -2.48. The van der Waals surface area contributed by atoms with Gasteiger partial charge in [-0.25, -0.2) is 0 Å². The smallest absolute Gasteiger partial charge is 0.251 e. The second-order valence-corrected chi connectivity index (χ2v) is 3.99. The fourth-order valence-corrected chi connectivity index (χ4v) is 1.57. The first-order chi connectivity index (χ1) is 6.89. The lowest BCUT2D eigenvalue weighted by Gasteiger charge is -2.24. The van der Waals surface area contributed by atoms with Gasteiger partial charge in [0.2, 0.25) is 0 Å². The minimum Gasteiger partial charge on any atom is -0.309 e. The number of nitrogens with two attached hydrogens (primary N) is 1. The number of rotatable bonds is 3. The monoisotopic (exact) mass is 280 g/mol. The Labute approximate surface area is 110 Å². The molecular formula is C10H11Cl3N2O. The average molecular weight is 282 g/mol. The highest BCUT2D eigenvalue weighted by molar-refractivity contribution is 6.67. The maximum Gasteiger partial charge on any atom is 0.251 e. The first-order valence-electron chi connectivity index (χ1n) is 4.19. The predicted molar refractivity (Wildman–Crippen MR) is 68.8 cm³/mol. The molecule has 16 heavy (non-hydrogen) atoms. The Bertz CT molecular complexity index is 389. The van der Waals surface area contributed by atoms with E-state index in [1.165, 1.54) is 6.92 Å². The van der Waals surface area contributed by atoms with Crippen molar-refractivity contribution in [1.82, 2.24) is 0 Å². The Morgan fingerprint density at radius 1 is 1.38 bits per heavy atom. The normalized spacial score (nSPS) is 13.5. The van der Waals surface area contributed by atoms with Crippen molar-refractivity contribution < 1.29 is 4.79 Å². The Morgan fingerprint density at radius 3 is 2.12 bits per heavy atom. The topological polar surface area (TPSA) is 66.9 Å². The number of carbonyl (C=O) groups excluding carboxylic acids is 1. The van der Waals surface area contributed by atoms with E-state index in [2.05, 4.69) is 0 Å². The molecule has 3 nitrogen and oxygen atoms in total. The Hall–Kier alpha value is -0.610. The van der Waals surface area contributed by atoms with Crippen molar-refractivity contribution in [2.24, 2.45) is 5.73 Å². The van der Waals surface area contributed by atoms with E-state index in [4.69, 9.17) is 34.3 Å². The van der Waals surface area contributed by atoms with Gasteiger partial charge in [0.1, 0.15) is 0 Å². The Kier molecular flexibility index (Phi) is 5.42. The van der Waals surface area contributed by atoms with Crippen LogP contribution in [-0.2, 0) is 10.3 Å². The van der Waals surface area contributed by atoms with Crippen LogP contribution in [0, 0.1) is 5.41 Å². The molecule has 88 valence electrons. The number of halogens is 3. The van der Waals surface area contributed by atoms with Crippen LogP contribution in [0.3, 0.4) is 0 Å². The summed E-state index contributed by atoms with van der Waals surface area (Å²) in [4.78, 5) is 11.3. The number of hydrogen-bond donors (Lipinski definition) is 2. The quantitative estimate of drug-likeness (QED) is 0.661. The highest BCUT2D eigenvalue weighted by Crippen LogP contribution is 2.24. The zero-order chi connectivity index (χ0) is 11.6. The van der Waals surface area contributed by atoms with E-state index in [1.807, 2.05) is 0 Å². The molecule has 0 amide bonds. The summed E-state index contributed by atoms with van der Waals surface area (Å²) in [7, 11) is 0. The van der Waals surface area contributed by atoms with E-state index in [-0.39, 0.29) is 18.1 Å². The molecule has 0 bridgehead atoms. The van der Waals surface area contributed by atoms with Crippen molar-refractivity contribution in [2.45, 2.75) is 12.5 Å². The molecule has 0 heterocycles. The van der Waals surface area contributed by atoms with Gasteiger partial charge in [-0.1, -0.05) is 23.7 Å². The molecule has 1 aromatic rings. The van der Waals surface area contributed by atoms with Crippen molar-refractivity contribution in [1.29, 1.82) is 5.41 Å². The second-order valence-electron chi connectivity index (χ2n) is 3.21. The molecule has 1 rings (SSSR count). The molecule has 0 fully saturated rings. The van der Waals surface area contributed by atoms with Crippen molar-refractivity contribution in [3.8, 4) is 0 Å². The van der Waals surface area contributed by atoms with Gasteiger partial charge in [0.15, 0.2) is 5.54 Å². The van der Waals surface area contributed by atoms with Crippen LogP contribution in [0.4, 0.5) is 0 Å². The second kappa shape index (κ2) is 5.64. The Morgan fingerprint density at radius 2 is 1.81 bits per heavy atom. The number of carbonyl (C=O) groups is 1. The third-order valence-corrected chi connectivity index (χ3v) is 2.75. The fourth-order valence-electron chi connectivity index (χ4n) is 1.19. The summed E-state index contributed by atoms with van der Waals surface area (Å²) in [6.45, 7) is 1.44. The minimum absolute atomic E-state index is 0. The van der Waals surface area contributed by atoms with Crippen LogP contribution < -0.4 is 5.73 Å². The van der Waals surface area contributed by atoms with Gasteiger partial charge in [-0.15, -0.1) is 12.4 Å². The highest BCUT2D eigenvalue weighted by Gasteiger charge is 2.37. The van der Waals surface area contributed by atoms with Gasteiger partial charge < -0.3 is 11.1 Å². The van der Waals surface area contributed by atoms with E-state index >= 15 is 0 Å². The maximum atomic E-state index is 11.3. The van der Waals surface area contributed by atoms with Crippen LogP contribution >= 0.6 is 35.6 Å². The van der Waals surface area contributed by atoms with Gasteiger partial charge >= 0.3 is 0 Å². The van der Waals surface area contributed by atoms with Crippen LogP contribution in [0.5, 0.6) is 0 Å². The molecule has 1 atom stereocenters. The molecule has 0 aliphatic rings. The first-order valence-corrected chi connectivity index (χ1v) is 4.95. The molecule has 0 aromatic heterocycles. The van der Waals surface area contributed by atoms with E-state index in [1.54, 1.807) is 24.3 Å². The third-order valence-electron chi connectivity index (χ3n) is 2.20. The largest absolute Gasteiger partial charge is 0.309 e. The SMILES string of the molecule is CC(=N)C(N)(C(=O)Cl)c1ccc(Cl)cc1.Cl. The fraction of sp³-hybridized carbons (Fsp3) is 0.200.